The monoisotopic (exact) mass is 350 g/mol. The first-order valence-electron chi connectivity index (χ1n) is 10.3. The normalized spacial score (nSPS) is 58.4. The van der Waals surface area contributed by atoms with Gasteiger partial charge in [0.15, 0.2) is 0 Å². The first-order valence-corrected chi connectivity index (χ1v) is 10.3. The van der Waals surface area contributed by atoms with Crippen molar-refractivity contribution in [2.24, 2.45) is 40.4 Å². The van der Waals surface area contributed by atoms with Gasteiger partial charge in [-0.25, -0.2) is 0 Å². The molecule has 0 aromatic rings. The van der Waals surface area contributed by atoms with E-state index < -0.39 is 18.3 Å². The average molecular weight is 350 g/mol. The summed E-state index contributed by atoms with van der Waals surface area (Å²) < 4.78 is 0. The number of ketones is 1. The molecule has 0 bridgehead atoms. The summed E-state index contributed by atoms with van der Waals surface area (Å²) in [6.45, 7) is 6.72. The summed E-state index contributed by atoms with van der Waals surface area (Å²) >= 11 is 0. The zero-order valence-corrected chi connectivity index (χ0v) is 15.8. The number of carbonyl (C=O) groups excluding carboxylic acids is 1. The van der Waals surface area contributed by atoms with Gasteiger partial charge in [0.05, 0.1) is 12.2 Å². The number of Topliss-reactive ketones (excluding diaryl/α,β-unsaturated/α-hetero) is 1. The molecule has 0 unspecified atom stereocenters. The number of aliphatic hydroxyl groups is 3. The minimum atomic E-state index is -1.01. The molecule has 0 heterocycles. The molecule has 4 aliphatic carbocycles. The molecular weight excluding hydrogens is 316 g/mol. The van der Waals surface area contributed by atoms with E-state index in [0.717, 1.165) is 38.5 Å². The fraction of sp³-hybridized carbons (Fsp3) is 0.952. The van der Waals surface area contributed by atoms with Crippen LogP contribution in [-0.4, -0.2) is 39.4 Å². The van der Waals surface area contributed by atoms with Gasteiger partial charge in [-0.2, -0.15) is 0 Å². The maximum absolute atomic E-state index is 12.6. The molecule has 25 heavy (non-hydrogen) atoms. The second-order valence-corrected chi connectivity index (χ2v) is 9.99. The van der Waals surface area contributed by atoms with Crippen molar-refractivity contribution in [1.29, 1.82) is 0 Å². The lowest BCUT2D eigenvalue weighted by atomic mass is 9.44. The Balaban J connectivity index is 1.66. The predicted molar refractivity (Wildman–Crippen MR) is 94.7 cm³/mol. The lowest BCUT2D eigenvalue weighted by molar-refractivity contribution is -0.207. The van der Waals surface area contributed by atoms with E-state index in [9.17, 15) is 20.1 Å². The Labute approximate surface area is 151 Å². The first kappa shape index (κ1) is 17.9. The van der Waals surface area contributed by atoms with Gasteiger partial charge in [-0.05, 0) is 73.0 Å². The second-order valence-electron chi connectivity index (χ2n) is 9.99. The van der Waals surface area contributed by atoms with Crippen LogP contribution in [0.4, 0.5) is 0 Å². The van der Waals surface area contributed by atoms with Gasteiger partial charge in [-0.15, -0.1) is 0 Å². The molecule has 0 aliphatic heterocycles. The van der Waals surface area contributed by atoms with Crippen LogP contribution in [0, 0.1) is 40.4 Å². The lowest BCUT2D eigenvalue weighted by Crippen LogP contribution is -2.61. The Hall–Kier alpha value is -0.450. The molecule has 0 saturated heterocycles. The quantitative estimate of drug-likeness (QED) is 0.679. The summed E-state index contributed by atoms with van der Waals surface area (Å²) in [5, 5.41) is 31.1. The third-order valence-electron chi connectivity index (χ3n) is 9.20. The average Bonchev–Trinajstić information content (AvgIpc) is 2.82. The Morgan fingerprint density at radius 3 is 2.36 bits per heavy atom. The van der Waals surface area contributed by atoms with E-state index in [4.69, 9.17) is 0 Å². The summed E-state index contributed by atoms with van der Waals surface area (Å²) in [6, 6.07) is 0. The molecule has 4 rings (SSSR count). The van der Waals surface area contributed by atoms with E-state index in [1.165, 1.54) is 0 Å². The molecule has 4 heteroatoms. The van der Waals surface area contributed by atoms with E-state index in [-0.39, 0.29) is 22.7 Å². The highest BCUT2D eigenvalue weighted by Crippen LogP contribution is 2.67. The van der Waals surface area contributed by atoms with E-state index in [1.54, 1.807) is 0 Å². The van der Waals surface area contributed by atoms with Crippen LogP contribution in [0.25, 0.3) is 0 Å². The molecule has 4 saturated carbocycles. The molecule has 0 radical (unpaired) electrons. The summed E-state index contributed by atoms with van der Waals surface area (Å²) in [7, 11) is 0. The molecule has 0 aromatic heterocycles. The highest BCUT2D eigenvalue weighted by Gasteiger charge is 2.63. The predicted octanol–water partition coefficient (Wildman–Crippen LogP) is 2.54. The van der Waals surface area contributed by atoms with Crippen molar-refractivity contribution in [2.75, 3.05) is 0 Å². The van der Waals surface area contributed by atoms with Gasteiger partial charge in [0.1, 0.15) is 11.9 Å². The van der Waals surface area contributed by atoms with Crippen molar-refractivity contribution in [3.8, 4) is 0 Å². The van der Waals surface area contributed by atoms with E-state index in [2.05, 4.69) is 20.8 Å². The van der Waals surface area contributed by atoms with Crippen molar-refractivity contribution in [2.45, 2.75) is 84.0 Å². The Morgan fingerprint density at radius 1 is 0.960 bits per heavy atom. The summed E-state index contributed by atoms with van der Waals surface area (Å²) in [5.41, 5.74) is 0.0112. The molecule has 0 aromatic carbocycles. The number of rotatable bonds is 1. The van der Waals surface area contributed by atoms with Crippen LogP contribution in [0.5, 0.6) is 0 Å². The largest absolute Gasteiger partial charge is 0.390 e. The summed E-state index contributed by atoms with van der Waals surface area (Å²) in [5.74, 6) is 2.17. The maximum atomic E-state index is 12.6. The highest BCUT2D eigenvalue weighted by atomic mass is 16.4. The van der Waals surface area contributed by atoms with Crippen LogP contribution in [0.3, 0.4) is 0 Å². The van der Waals surface area contributed by atoms with Crippen LogP contribution < -0.4 is 0 Å². The van der Waals surface area contributed by atoms with E-state index in [0.29, 0.717) is 30.0 Å². The Bertz CT molecular complexity index is 562. The number of hydrogen-bond donors (Lipinski definition) is 3. The van der Waals surface area contributed by atoms with Crippen molar-refractivity contribution in [3.05, 3.63) is 0 Å². The van der Waals surface area contributed by atoms with Gasteiger partial charge in [0.2, 0.25) is 0 Å². The van der Waals surface area contributed by atoms with Crippen LogP contribution >= 0.6 is 0 Å². The standard InChI is InChI=1S/C21H34O4/c1-4-12-16(22)9-15-11-5-6-14-18(24)19(25)17(23)10-21(14,3)13(11)7-8-20(12,15)2/h11-15,17-19,23-25H,4-10H2,1-3H3/t11-,12+,13-,14-,15+,17-,18-,19-,20-,21-/m1/s1. The lowest BCUT2D eigenvalue weighted by Gasteiger charge is -2.62. The Morgan fingerprint density at radius 2 is 1.68 bits per heavy atom. The van der Waals surface area contributed by atoms with Crippen molar-refractivity contribution in [3.63, 3.8) is 0 Å². The van der Waals surface area contributed by atoms with Crippen LogP contribution in [0.1, 0.15) is 65.7 Å². The molecule has 3 N–H and O–H groups in total. The molecule has 0 amide bonds. The van der Waals surface area contributed by atoms with Gasteiger partial charge in [0, 0.05) is 12.3 Å². The number of carbonyl (C=O) groups is 1. The number of aliphatic hydroxyl groups excluding tert-OH is 3. The van der Waals surface area contributed by atoms with Crippen LogP contribution in [-0.2, 0) is 4.79 Å². The van der Waals surface area contributed by atoms with Crippen molar-refractivity contribution < 1.29 is 20.1 Å². The fourth-order valence-electron chi connectivity index (χ4n) is 7.97. The molecule has 4 nitrogen and oxygen atoms in total. The molecular formula is C21H34O4. The van der Waals surface area contributed by atoms with Gasteiger partial charge < -0.3 is 15.3 Å². The summed E-state index contributed by atoms with van der Waals surface area (Å²) in [6.07, 6.45) is 3.71. The SMILES string of the molecule is CC[C@H]1C(=O)C[C@H]2[C@@H]3CC[C@@H]4[C@@H](O)[C@H](O)[C@H](O)C[C@]4(C)[C@@H]3CC[C@]12C. The minimum Gasteiger partial charge on any atom is -0.390 e. The zero-order valence-electron chi connectivity index (χ0n) is 15.8. The smallest absolute Gasteiger partial charge is 0.136 e. The van der Waals surface area contributed by atoms with E-state index in [1.807, 2.05) is 0 Å². The van der Waals surface area contributed by atoms with Gasteiger partial charge >= 0.3 is 0 Å². The molecule has 10 atom stereocenters. The second kappa shape index (κ2) is 5.77. The molecule has 4 aliphatic rings. The molecule has 4 fully saturated rings. The van der Waals surface area contributed by atoms with Gasteiger partial charge in [-0.1, -0.05) is 20.8 Å². The molecule has 0 spiro atoms. The van der Waals surface area contributed by atoms with Gasteiger partial charge in [0.25, 0.3) is 0 Å². The minimum absolute atomic E-state index is 0.0654. The maximum Gasteiger partial charge on any atom is 0.136 e. The van der Waals surface area contributed by atoms with Gasteiger partial charge in [-0.3, -0.25) is 4.79 Å². The summed E-state index contributed by atoms with van der Waals surface area (Å²) in [4.78, 5) is 12.6. The van der Waals surface area contributed by atoms with Crippen LogP contribution in [0.15, 0.2) is 0 Å². The number of hydrogen-bond acceptors (Lipinski definition) is 4. The van der Waals surface area contributed by atoms with Crippen molar-refractivity contribution >= 4 is 5.78 Å². The topological polar surface area (TPSA) is 77.8 Å². The Kier molecular flexibility index (Phi) is 4.14. The third-order valence-corrected chi connectivity index (χ3v) is 9.20. The van der Waals surface area contributed by atoms with E-state index >= 15 is 0 Å². The molecule has 142 valence electrons. The fourth-order valence-corrected chi connectivity index (χ4v) is 7.97. The highest BCUT2D eigenvalue weighted by molar-refractivity contribution is 5.84. The van der Waals surface area contributed by atoms with Crippen molar-refractivity contribution in [1.82, 2.24) is 0 Å². The van der Waals surface area contributed by atoms with Crippen LogP contribution in [0.2, 0.25) is 0 Å². The zero-order chi connectivity index (χ0) is 18.1. The third kappa shape index (κ3) is 2.26. The number of fused-ring (bicyclic) bond motifs is 5. The first-order chi connectivity index (χ1) is 11.7.